The molecular formula is C29H41N3O5S. The molecule has 0 aromatic heterocycles. The Morgan fingerprint density at radius 2 is 1.68 bits per heavy atom. The molecule has 0 N–H and O–H groups in total. The van der Waals surface area contributed by atoms with Crippen LogP contribution in [-0.4, -0.2) is 79.4 Å². The molecule has 1 aliphatic heterocycles. The zero-order valence-electron chi connectivity index (χ0n) is 23.1. The van der Waals surface area contributed by atoms with Gasteiger partial charge in [0.2, 0.25) is 21.8 Å². The van der Waals surface area contributed by atoms with E-state index in [4.69, 9.17) is 4.74 Å². The fourth-order valence-electron chi connectivity index (χ4n) is 4.84. The number of likely N-dealkylation sites (tertiary alicyclic amines) is 1. The van der Waals surface area contributed by atoms with Crippen LogP contribution in [0.2, 0.25) is 0 Å². The van der Waals surface area contributed by atoms with Gasteiger partial charge in [0.1, 0.15) is 5.75 Å². The van der Waals surface area contributed by atoms with Crippen molar-refractivity contribution in [3.63, 3.8) is 0 Å². The SMILES string of the molecule is CCCN(CC(=O)N(Cc1ccccc1C)C1CCN(C(=O)Cc2ccc(OC)cc2)CC1)S(=O)(=O)CC. The highest BCUT2D eigenvalue weighted by molar-refractivity contribution is 7.89. The van der Waals surface area contributed by atoms with E-state index in [1.807, 2.05) is 72.2 Å². The number of hydrogen-bond donors (Lipinski definition) is 0. The molecule has 1 fully saturated rings. The van der Waals surface area contributed by atoms with Gasteiger partial charge in [-0.25, -0.2) is 8.42 Å². The molecule has 1 heterocycles. The molecule has 8 nitrogen and oxygen atoms in total. The number of piperidine rings is 1. The van der Waals surface area contributed by atoms with Crippen LogP contribution in [-0.2, 0) is 32.6 Å². The zero-order chi connectivity index (χ0) is 27.7. The predicted octanol–water partition coefficient (Wildman–Crippen LogP) is 3.63. The molecule has 0 radical (unpaired) electrons. The first kappa shape index (κ1) is 29.6. The topological polar surface area (TPSA) is 87.2 Å². The molecule has 0 atom stereocenters. The Bertz CT molecular complexity index is 1170. The third kappa shape index (κ3) is 7.80. The van der Waals surface area contributed by atoms with Crippen LogP contribution in [0.1, 0.15) is 49.8 Å². The monoisotopic (exact) mass is 543 g/mol. The lowest BCUT2D eigenvalue weighted by molar-refractivity contribution is -0.137. The first-order valence-electron chi connectivity index (χ1n) is 13.4. The van der Waals surface area contributed by atoms with Crippen molar-refractivity contribution in [3.8, 4) is 5.75 Å². The van der Waals surface area contributed by atoms with Gasteiger partial charge in [0.15, 0.2) is 0 Å². The molecule has 0 saturated carbocycles. The molecule has 2 amide bonds. The minimum absolute atomic E-state index is 0.0350. The molecule has 1 aliphatic rings. The maximum absolute atomic E-state index is 13.6. The van der Waals surface area contributed by atoms with E-state index in [1.165, 1.54) is 4.31 Å². The third-order valence-corrected chi connectivity index (χ3v) is 9.07. The Morgan fingerprint density at radius 1 is 1.03 bits per heavy atom. The van der Waals surface area contributed by atoms with Crippen molar-refractivity contribution in [3.05, 3.63) is 65.2 Å². The number of rotatable bonds is 12. The number of benzene rings is 2. The van der Waals surface area contributed by atoms with E-state index in [-0.39, 0.29) is 30.2 Å². The highest BCUT2D eigenvalue weighted by Crippen LogP contribution is 2.22. The molecule has 0 unspecified atom stereocenters. The summed E-state index contributed by atoms with van der Waals surface area (Å²) in [5, 5.41) is 0. The molecule has 0 spiro atoms. The zero-order valence-corrected chi connectivity index (χ0v) is 23.9. The Kier molecular flexibility index (Phi) is 10.7. The highest BCUT2D eigenvalue weighted by atomic mass is 32.2. The second-order valence-corrected chi connectivity index (χ2v) is 12.1. The standard InChI is InChI=1S/C29H41N3O5S/c1-5-17-31(38(35,36)6-2)22-29(34)32(21-25-10-8-7-9-23(25)3)26-15-18-30(19-16-26)28(33)20-24-11-13-27(37-4)14-12-24/h7-14,26H,5-6,15-22H2,1-4H3. The molecule has 2 aromatic rings. The summed E-state index contributed by atoms with van der Waals surface area (Å²) in [6.07, 6.45) is 2.26. The van der Waals surface area contributed by atoms with Crippen LogP contribution in [0.4, 0.5) is 0 Å². The Hall–Kier alpha value is -2.91. The van der Waals surface area contributed by atoms with Crippen LogP contribution in [0.25, 0.3) is 0 Å². The van der Waals surface area contributed by atoms with Crippen molar-refractivity contribution >= 4 is 21.8 Å². The minimum atomic E-state index is -3.49. The van der Waals surface area contributed by atoms with Gasteiger partial charge in [0, 0.05) is 32.2 Å². The van der Waals surface area contributed by atoms with Crippen LogP contribution in [0, 0.1) is 6.92 Å². The van der Waals surface area contributed by atoms with Crippen LogP contribution >= 0.6 is 0 Å². The Balaban J connectivity index is 1.72. The smallest absolute Gasteiger partial charge is 0.238 e. The van der Waals surface area contributed by atoms with Gasteiger partial charge in [-0.05, 0) is 61.9 Å². The number of amides is 2. The van der Waals surface area contributed by atoms with Gasteiger partial charge >= 0.3 is 0 Å². The Labute approximate surface area is 227 Å². The summed E-state index contributed by atoms with van der Waals surface area (Å²) < 4.78 is 31.8. The second kappa shape index (κ2) is 13.8. The minimum Gasteiger partial charge on any atom is -0.497 e. The maximum atomic E-state index is 13.6. The molecule has 0 bridgehead atoms. The lowest BCUT2D eigenvalue weighted by Crippen LogP contribution is -2.51. The summed E-state index contributed by atoms with van der Waals surface area (Å²) in [6.45, 7) is 7.22. The largest absolute Gasteiger partial charge is 0.497 e. The fraction of sp³-hybridized carbons (Fsp3) is 0.517. The molecule has 3 rings (SSSR count). The normalized spacial score (nSPS) is 14.5. The van der Waals surface area contributed by atoms with Gasteiger partial charge in [-0.1, -0.05) is 43.3 Å². The lowest BCUT2D eigenvalue weighted by Gasteiger charge is -2.39. The van der Waals surface area contributed by atoms with Gasteiger partial charge in [0.05, 0.1) is 25.8 Å². The summed E-state index contributed by atoms with van der Waals surface area (Å²) >= 11 is 0. The molecule has 208 valence electrons. The lowest BCUT2D eigenvalue weighted by atomic mass is 10.00. The molecule has 0 aliphatic carbocycles. The maximum Gasteiger partial charge on any atom is 0.238 e. The summed E-state index contributed by atoms with van der Waals surface area (Å²) in [5.41, 5.74) is 3.06. The second-order valence-electron chi connectivity index (χ2n) is 9.82. The van der Waals surface area contributed by atoms with E-state index in [0.29, 0.717) is 51.9 Å². The third-order valence-electron chi connectivity index (χ3n) is 7.24. The predicted molar refractivity (Wildman–Crippen MR) is 149 cm³/mol. The van der Waals surface area contributed by atoms with Gasteiger partial charge in [-0.2, -0.15) is 4.31 Å². The number of hydrogen-bond acceptors (Lipinski definition) is 5. The average Bonchev–Trinajstić information content (AvgIpc) is 2.92. The number of nitrogens with zero attached hydrogens (tertiary/aromatic N) is 3. The van der Waals surface area contributed by atoms with E-state index in [9.17, 15) is 18.0 Å². The van der Waals surface area contributed by atoms with Crippen LogP contribution in [0.3, 0.4) is 0 Å². The van der Waals surface area contributed by atoms with Crippen molar-refractivity contribution < 1.29 is 22.7 Å². The Morgan fingerprint density at radius 3 is 2.26 bits per heavy atom. The molecule has 38 heavy (non-hydrogen) atoms. The van der Waals surface area contributed by atoms with Crippen molar-refractivity contribution in [2.24, 2.45) is 0 Å². The molecular weight excluding hydrogens is 502 g/mol. The molecule has 2 aromatic carbocycles. The quantitative estimate of drug-likeness (QED) is 0.408. The van der Waals surface area contributed by atoms with E-state index in [1.54, 1.807) is 14.0 Å². The van der Waals surface area contributed by atoms with Crippen LogP contribution in [0.5, 0.6) is 5.75 Å². The van der Waals surface area contributed by atoms with Crippen molar-refractivity contribution in [1.82, 2.24) is 14.1 Å². The van der Waals surface area contributed by atoms with Gasteiger partial charge in [-0.15, -0.1) is 0 Å². The van der Waals surface area contributed by atoms with E-state index < -0.39 is 10.0 Å². The first-order chi connectivity index (χ1) is 18.2. The summed E-state index contributed by atoms with van der Waals surface area (Å²) in [7, 11) is -1.88. The molecule has 9 heteroatoms. The van der Waals surface area contributed by atoms with E-state index in [0.717, 1.165) is 22.4 Å². The number of carbonyl (C=O) groups excluding carboxylic acids is 2. The highest BCUT2D eigenvalue weighted by Gasteiger charge is 2.32. The number of sulfonamides is 1. The van der Waals surface area contributed by atoms with Crippen molar-refractivity contribution in [1.29, 1.82) is 0 Å². The van der Waals surface area contributed by atoms with E-state index in [2.05, 4.69) is 0 Å². The van der Waals surface area contributed by atoms with E-state index >= 15 is 0 Å². The van der Waals surface area contributed by atoms with Gasteiger partial charge in [0.25, 0.3) is 0 Å². The van der Waals surface area contributed by atoms with Gasteiger partial charge < -0.3 is 14.5 Å². The summed E-state index contributed by atoms with van der Waals surface area (Å²) in [5.74, 6) is 0.590. The number of methoxy groups -OCH3 is 1. The van der Waals surface area contributed by atoms with Crippen LogP contribution < -0.4 is 4.74 Å². The fourth-order valence-corrected chi connectivity index (χ4v) is 5.97. The first-order valence-corrected chi connectivity index (χ1v) is 15.0. The number of ether oxygens (including phenoxy) is 1. The summed E-state index contributed by atoms with van der Waals surface area (Å²) in [4.78, 5) is 30.3. The number of aryl methyl sites for hydroxylation is 1. The van der Waals surface area contributed by atoms with Crippen molar-refractivity contribution in [2.75, 3.05) is 39.0 Å². The van der Waals surface area contributed by atoms with Crippen molar-refractivity contribution in [2.45, 2.75) is 59.0 Å². The molecule has 1 saturated heterocycles. The van der Waals surface area contributed by atoms with Gasteiger partial charge in [-0.3, -0.25) is 9.59 Å². The number of carbonyl (C=O) groups is 2. The average molecular weight is 544 g/mol. The van der Waals surface area contributed by atoms with Crippen LogP contribution in [0.15, 0.2) is 48.5 Å². The summed E-state index contributed by atoms with van der Waals surface area (Å²) in [6, 6.07) is 15.4.